The molecule has 3 heterocycles. The molecule has 5 rings (SSSR count). The van der Waals surface area contributed by atoms with Gasteiger partial charge in [0.15, 0.2) is 0 Å². The van der Waals surface area contributed by atoms with Gasteiger partial charge in [-0.2, -0.15) is 5.10 Å². The Kier molecular flexibility index (Phi) is 6.67. The number of pyridine rings is 1. The zero-order valence-corrected chi connectivity index (χ0v) is 20.6. The first-order valence-corrected chi connectivity index (χ1v) is 12.2. The van der Waals surface area contributed by atoms with Crippen LogP contribution in [0.25, 0.3) is 16.6 Å². The molecule has 0 radical (unpaired) electrons. The van der Waals surface area contributed by atoms with Gasteiger partial charge in [0.1, 0.15) is 11.6 Å². The average molecular weight is 506 g/mol. The molecule has 4 aromatic rings. The zero-order chi connectivity index (χ0) is 25.2. The van der Waals surface area contributed by atoms with Crippen LogP contribution >= 0.6 is 11.6 Å². The number of nitrogens with two attached hydrogens (primary N) is 2. The molecule has 0 saturated heterocycles. The first-order valence-electron chi connectivity index (χ1n) is 11.8. The van der Waals surface area contributed by atoms with Gasteiger partial charge in [-0.3, -0.25) is 0 Å². The van der Waals surface area contributed by atoms with Crippen molar-refractivity contribution in [2.24, 2.45) is 16.5 Å². The summed E-state index contributed by atoms with van der Waals surface area (Å²) in [7, 11) is 1.59. The number of aliphatic imine (C=N–C) groups is 1. The van der Waals surface area contributed by atoms with Gasteiger partial charge in [0, 0.05) is 47.7 Å². The molecule has 186 valence electrons. The molecular formula is C26H28ClN7O2. The van der Waals surface area contributed by atoms with Gasteiger partial charge >= 0.3 is 0 Å². The molecule has 1 aromatic carbocycles. The molecule has 1 aliphatic carbocycles. The number of aromatic hydroxyl groups is 1. The van der Waals surface area contributed by atoms with Crippen LogP contribution in [-0.4, -0.2) is 44.7 Å². The lowest BCUT2D eigenvalue weighted by molar-refractivity contribution is 0.398. The summed E-state index contributed by atoms with van der Waals surface area (Å²) in [6, 6.07) is 10.9. The number of hydrogen-bond acceptors (Lipinski definition) is 7. The van der Waals surface area contributed by atoms with Crippen LogP contribution < -0.4 is 21.5 Å². The van der Waals surface area contributed by atoms with E-state index in [0.717, 1.165) is 48.0 Å². The van der Waals surface area contributed by atoms with Crippen molar-refractivity contribution in [3.8, 4) is 22.8 Å². The Morgan fingerprint density at radius 3 is 2.64 bits per heavy atom. The molecule has 0 spiro atoms. The van der Waals surface area contributed by atoms with E-state index in [9.17, 15) is 5.11 Å². The van der Waals surface area contributed by atoms with Gasteiger partial charge in [-0.05, 0) is 49.9 Å². The predicted octanol–water partition coefficient (Wildman–Crippen LogP) is 4.48. The summed E-state index contributed by atoms with van der Waals surface area (Å²) < 4.78 is 7.00. The van der Waals surface area contributed by atoms with Gasteiger partial charge in [0.05, 0.1) is 40.8 Å². The molecular weight excluding hydrogens is 478 g/mol. The highest BCUT2D eigenvalue weighted by Crippen LogP contribution is 2.33. The number of hydrogen-bond donors (Lipinski definition) is 4. The normalized spacial score (nSPS) is 18.4. The van der Waals surface area contributed by atoms with E-state index in [2.05, 4.69) is 26.5 Å². The van der Waals surface area contributed by atoms with Crippen molar-refractivity contribution in [1.29, 1.82) is 0 Å². The molecule has 0 unspecified atom stereocenters. The lowest BCUT2D eigenvalue weighted by Crippen LogP contribution is -2.33. The van der Waals surface area contributed by atoms with E-state index >= 15 is 0 Å². The van der Waals surface area contributed by atoms with Crippen LogP contribution in [0.1, 0.15) is 31.2 Å². The largest absolute Gasteiger partial charge is 0.508 e. The SMILES string of the molecule is COc1ccc(-c2cc3c(N[C@H]4CC[C@H](N)CC4)c(/C(N)=N/c4ccc(O)cc4Cl)cnn3c2)cn1. The Morgan fingerprint density at radius 1 is 1.14 bits per heavy atom. The fourth-order valence-electron chi connectivity index (χ4n) is 4.48. The van der Waals surface area contributed by atoms with Crippen LogP contribution in [-0.2, 0) is 0 Å². The van der Waals surface area contributed by atoms with Crippen LogP contribution in [0.2, 0.25) is 5.02 Å². The number of anilines is 1. The molecule has 0 aliphatic heterocycles. The number of nitrogens with zero attached hydrogens (tertiary/aromatic N) is 4. The number of amidine groups is 1. The maximum absolute atomic E-state index is 9.67. The number of ether oxygens (including phenoxy) is 1. The van der Waals surface area contributed by atoms with Crippen molar-refractivity contribution in [2.45, 2.75) is 37.8 Å². The molecule has 0 atom stereocenters. The summed E-state index contributed by atoms with van der Waals surface area (Å²) in [6.45, 7) is 0. The number of methoxy groups -OCH3 is 1. The number of aromatic nitrogens is 3. The van der Waals surface area contributed by atoms with Gasteiger partial charge in [-0.25, -0.2) is 14.5 Å². The first kappa shape index (κ1) is 23.9. The van der Waals surface area contributed by atoms with E-state index in [4.69, 9.17) is 27.8 Å². The van der Waals surface area contributed by atoms with Gasteiger partial charge in [0.2, 0.25) is 5.88 Å². The van der Waals surface area contributed by atoms with E-state index in [-0.39, 0.29) is 23.7 Å². The van der Waals surface area contributed by atoms with Gasteiger partial charge < -0.3 is 26.6 Å². The molecule has 1 aliphatic rings. The number of fused-ring (bicyclic) bond motifs is 1. The van der Waals surface area contributed by atoms with Gasteiger partial charge in [-0.15, -0.1) is 0 Å². The van der Waals surface area contributed by atoms with Crippen molar-refractivity contribution >= 4 is 34.3 Å². The van der Waals surface area contributed by atoms with Crippen LogP contribution in [0, 0.1) is 0 Å². The lowest BCUT2D eigenvalue weighted by atomic mass is 9.91. The molecule has 1 fully saturated rings. The second-order valence-electron chi connectivity index (χ2n) is 8.97. The van der Waals surface area contributed by atoms with E-state index in [0.29, 0.717) is 22.2 Å². The fourth-order valence-corrected chi connectivity index (χ4v) is 4.69. The highest BCUT2D eigenvalue weighted by Gasteiger charge is 2.22. The third-order valence-electron chi connectivity index (χ3n) is 6.48. The van der Waals surface area contributed by atoms with E-state index in [1.165, 1.54) is 12.1 Å². The van der Waals surface area contributed by atoms with Crippen LogP contribution in [0.4, 0.5) is 11.4 Å². The summed E-state index contributed by atoms with van der Waals surface area (Å²) >= 11 is 6.27. The molecule has 1 saturated carbocycles. The van der Waals surface area contributed by atoms with E-state index in [1.807, 2.05) is 22.8 Å². The number of phenols is 1. The molecule has 10 heteroatoms. The minimum absolute atomic E-state index is 0.0622. The maximum Gasteiger partial charge on any atom is 0.212 e. The quantitative estimate of drug-likeness (QED) is 0.224. The zero-order valence-electron chi connectivity index (χ0n) is 19.9. The molecule has 0 amide bonds. The van der Waals surface area contributed by atoms with Gasteiger partial charge in [-0.1, -0.05) is 11.6 Å². The minimum Gasteiger partial charge on any atom is -0.508 e. The predicted molar refractivity (Wildman–Crippen MR) is 142 cm³/mol. The first-order chi connectivity index (χ1) is 17.4. The van der Waals surface area contributed by atoms with Crippen LogP contribution in [0.15, 0.2) is 60.0 Å². The number of nitrogens with one attached hydrogen (secondary N) is 1. The Labute approximate surface area is 213 Å². The third kappa shape index (κ3) is 4.93. The summed E-state index contributed by atoms with van der Waals surface area (Å²) in [6.07, 6.45) is 9.28. The number of rotatable bonds is 6. The molecule has 6 N–H and O–H groups in total. The monoisotopic (exact) mass is 505 g/mol. The Hall–Kier alpha value is -3.82. The standard InChI is InChI=1S/C26H28ClN7O2/c1-36-24-9-2-15(12-30-24)16-10-23-25(32-18-5-3-17(28)4-6-18)20(13-31-34(23)14-16)26(29)33-22-8-7-19(35)11-21(22)27/h2,7-14,17-18,32,35H,3-6,28H2,1H3,(H2,29,33)/t17-,18-. The second-order valence-corrected chi connectivity index (χ2v) is 9.38. The number of halogens is 1. The Bertz CT molecular complexity index is 1410. The molecule has 36 heavy (non-hydrogen) atoms. The van der Waals surface area contributed by atoms with Crippen molar-refractivity contribution in [3.05, 3.63) is 65.6 Å². The lowest BCUT2D eigenvalue weighted by Gasteiger charge is -2.28. The molecule has 3 aromatic heterocycles. The number of benzene rings is 1. The Morgan fingerprint density at radius 2 is 1.94 bits per heavy atom. The summed E-state index contributed by atoms with van der Waals surface area (Å²) in [5.74, 6) is 0.881. The summed E-state index contributed by atoms with van der Waals surface area (Å²) in [5.41, 5.74) is 17.4. The van der Waals surface area contributed by atoms with Crippen molar-refractivity contribution in [1.82, 2.24) is 14.6 Å². The maximum atomic E-state index is 9.67. The van der Waals surface area contributed by atoms with Crippen molar-refractivity contribution in [3.63, 3.8) is 0 Å². The third-order valence-corrected chi connectivity index (χ3v) is 6.79. The molecule has 9 nitrogen and oxygen atoms in total. The fraction of sp³-hybridized carbons (Fsp3) is 0.269. The molecule has 0 bridgehead atoms. The Balaban J connectivity index is 1.59. The van der Waals surface area contributed by atoms with E-state index in [1.54, 1.807) is 25.6 Å². The van der Waals surface area contributed by atoms with Crippen molar-refractivity contribution < 1.29 is 9.84 Å². The summed E-state index contributed by atoms with van der Waals surface area (Å²) in [5, 5.41) is 18.3. The van der Waals surface area contributed by atoms with Crippen LogP contribution in [0.5, 0.6) is 11.6 Å². The summed E-state index contributed by atoms with van der Waals surface area (Å²) in [4.78, 5) is 8.87. The van der Waals surface area contributed by atoms with E-state index < -0.39 is 0 Å². The minimum atomic E-state index is 0.0622. The average Bonchev–Trinajstić information content (AvgIpc) is 3.32. The highest BCUT2D eigenvalue weighted by atomic mass is 35.5. The topological polar surface area (TPSA) is 136 Å². The van der Waals surface area contributed by atoms with Gasteiger partial charge in [0.25, 0.3) is 0 Å². The number of phenolic OH excluding ortho intramolecular Hbond substituents is 1. The second kappa shape index (κ2) is 10.0. The van der Waals surface area contributed by atoms with Crippen molar-refractivity contribution in [2.75, 3.05) is 12.4 Å². The van der Waals surface area contributed by atoms with Crippen LogP contribution in [0.3, 0.4) is 0 Å². The highest BCUT2D eigenvalue weighted by molar-refractivity contribution is 6.33. The smallest absolute Gasteiger partial charge is 0.212 e.